The smallest absolute Gasteiger partial charge is 0.230 e. The summed E-state index contributed by atoms with van der Waals surface area (Å²) >= 11 is 1.49. The maximum atomic E-state index is 12.5. The van der Waals surface area contributed by atoms with Crippen LogP contribution in [0.15, 0.2) is 53.9 Å². The molecular formula is C23H23N3O3S. The summed E-state index contributed by atoms with van der Waals surface area (Å²) in [5.74, 6) is 0.807. The molecule has 30 heavy (non-hydrogen) atoms. The van der Waals surface area contributed by atoms with E-state index in [1.807, 2.05) is 48.7 Å². The largest absolute Gasteiger partial charge is 0.493 e. The van der Waals surface area contributed by atoms with E-state index in [0.29, 0.717) is 23.7 Å². The first-order valence-electron chi connectivity index (χ1n) is 9.99. The van der Waals surface area contributed by atoms with E-state index in [0.717, 1.165) is 29.2 Å². The molecule has 1 saturated carbocycles. The summed E-state index contributed by atoms with van der Waals surface area (Å²) in [5.41, 5.74) is 2.96. The number of hydrogen-bond donors (Lipinski definition) is 2. The molecule has 0 aliphatic heterocycles. The maximum Gasteiger partial charge on any atom is 0.230 e. The van der Waals surface area contributed by atoms with Crippen molar-refractivity contribution in [2.24, 2.45) is 5.92 Å². The molecule has 2 amide bonds. The second-order valence-corrected chi connectivity index (χ2v) is 8.00. The number of thiazole rings is 1. The summed E-state index contributed by atoms with van der Waals surface area (Å²) in [5, 5.41) is 8.49. The molecule has 1 aliphatic rings. The first-order valence-corrected chi connectivity index (χ1v) is 10.9. The number of carbonyl (C=O) groups excluding carboxylic acids is 2. The Morgan fingerprint density at radius 3 is 2.63 bits per heavy atom. The molecule has 1 aromatic heterocycles. The highest BCUT2D eigenvalue weighted by molar-refractivity contribution is 7.13. The van der Waals surface area contributed by atoms with Crippen molar-refractivity contribution < 1.29 is 14.3 Å². The number of amides is 2. The van der Waals surface area contributed by atoms with Crippen molar-refractivity contribution in [3.63, 3.8) is 0 Å². The van der Waals surface area contributed by atoms with Crippen LogP contribution in [0.2, 0.25) is 0 Å². The fourth-order valence-corrected chi connectivity index (χ4v) is 3.92. The van der Waals surface area contributed by atoms with Gasteiger partial charge in [0.05, 0.1) is 24.3 Å². The number of nitrogens with one attached hydrogen (secondary N) is 2. The van der Waals surface area contributed by atoms with Crippen LogP contribution in [0, 0.1) is 5.92 Å². The topological polar surface area (TPSA) is 80.3 Å². The maximum absolute atomic E-state index is 12.5. The van der Waals surface area contributed by atoms with Crippen LogP contribution in [0.5, 0.6) is 5.75 Å². The molecule has 1 aliphatic carbocycles. The van der Waals surface area contributed by atoms with Crippen LogP contribution in [-0.4, -0.2) is 23.4 Å². The normalized spacial score (nSPS) is 13.0. The van der Waals surface area contributed by atoms with Crippen molar-refractivity contribution in [2.75, 3.05) is 17.2 Å². The van der Waals surface area contributed by atoms with E-state index >= 15 is 0 Å². The quantitative estimate of drug-likeness (QED) is 0.551. The number of hydrogen-bond acceptors (Lipinski definition) is 5. The molecule has 154 valence electrons. The standard InChI is InChI=1S/C23H23N3O3S/c1-2-29-20-9-4-3-8-19(20)23-26-18(14-30-23)13-21(27)24-16-6-5-7-17(12-16)25-22(28)15-10-11-15/h3-9,12,14-15H,2,10-11,13H2,1H3,(H,24,27)(H,25,28). The summed E-state index contributed by atoms with van der Waals surface area (Å²) in [6.45, 7) is 2.53. The van der Waals surface area contributed by atoms with Gasteiger partial charge < -0.3 is 15.4 Å². The lowest BCUT2D eigenvalue weighted by Gasteiger charge is -2.08. The van der Waals surface area contributed by atoms with E-state index in [1.54, 1.807) is 12.1 Å². The average Bonchev–Trinajstić information content (AvgIpc) is 3.49. The lowest BCUT2D eigenvalue weighted by molar-refractivity contribution is -0.117. The Bertz CT molecular complexity index is 1060. The van der Waals surface area contributed by atoms with E-state index in [4.69, 9.17) is 4.74 Å². The summed E-state index contributed by atoms with van der Waals surface area (Å²) in [6.07, 6.45) is 2.08. The predicted molar refractivity (Wildman–Crippen MR) is 119 cm³/mol. The molecule has 0 unspecified atom stereocenters. The Balaban J connectivity index is 1.39. The third kappa shape index (κ3) is 5.04. The van der Waals surface area contributed by atoms with Gasteiger partial charge in [-0.1, -0.05) is 18.2 Å². The minimum Gasteiger partial charge on any atom is -0.493 e. The SMILES string of the molecule is CCOc1ccccc1-c1nc(CC(=O)Nc2cccc(NC(=O)C3CC3)c2)cs1. The third-order valence-corrected chi connectivity index (χ3v) is 5.60. The Kier molecular flexibility index (Phi) is 6.09. The van der Waals surface area contributed by atoms with Crippen LogP contribution < -0.4 is 15.4 Å². The molecule has 7 heteroatoms. The number of benzene rings is 2. The number of carbonyl (C=O) groups is 2. The zero-order valence-electron chi connectivity index (χ0n) is 16.7. The second-order valence-electron chi connectivity index (χ2n) is 7.14. The van der Waals surface area contributed by atoms with Crippen LogP contribution in [0.1, 0.15) is 25.5 Å². The average molecular weight is 422 g/mol. The Morgan fingerprint density at radius 1 is 1.10 bits per heavy atom. The van der Waals surface area contributed by atoms with Gasteiger partial charge in [0, 0.05) is 22.7 Å². The molecule has 3 aromatic rings. The molecule has 6 nitrogen and oxygen atoms in total. The van der Waals surface area contributed by atoms with Gasteiger partial charge in [-0.3, -0.25) is 9.59 Å². The van der Waals surface area contributed by atoms with Crippen molar-refractivity contribution in [2.45, 2.75) is 26.2 Å². The minimum absolute atomic E-state index is 0.0424. The van der Waals surface area contributed by atoms with E-state index in [2.05, 4.69) is 15.6 Å². The lowest BCUT2D eigenvalue weighted by atomic mass is 10.2. The lowest BCUT2D eigenvalue weighted by Crippen LogP contribution is -2.16. The number of ether oxygens (including phenoxy) is 1. The highest BCUT2D eigenvalue weighted by atomic mass is 32.1. The molecular weight excluding hydrogens is 398 g/mol. The van der Waals surface area contributed by atoms with E-state index in [1.165, 1.54) is 11.3 Å². The number of aromatic nitrogens is 1. The van der Waals surface area contributed by atoms with E-state index in [-0.39, 0.29) is 24.2 Å². The van der Waals surface area contributed by atoms with Crippen molar-refractivity contribution >= 4 is 34.5 Å². The Hall–Kier alpha value is -3.19. The summed E-state index contributed by atoms with van der Waals surface area (Å²) in [7, 11) is 0. The molecule has 0 bridgehead atoms. The zero-order chi connectivity index (χ0) is 20.9. The second kappa shape index (κ2) is 9.09. The number of anilines is 2. The van der Waals surface area contributed by atoms with Gasteiger partial charge in [0.2, 0.25) is 11.8 Å². The van der Waals surface area contributed by atoms with Crippen LogP contribution in [-0.2, 0) is 16.0 Å². The van der Waals surface area contributed by atoms with Crippen molar-refractivity contribution in [1.29, 1.82) is 0 Å². The molecule has 2 aromatic carbocycles. The van der Waals surface area contributed by atoms with Gasteiger partial charge in [0.25, 0.3) is 0 Å². The van der Waals surface area contributed by atoms with Gasteiger partial charge in [-0.25, -0.2) is 4.98 Å². The molecule has 0 saturated heterocycles. The Morgan fingerprint density at radius 2 is 1.87 bits per heavy atom. The third-order valence-electron chi connectivity index (χ3n) is 4.67. The number of rotatable bonds is 8. The van der Waals surface area contributed by atoms with Gasteiger partial charge in [0.1, 0.15) is 10.8 Å². The minimum atomic E-state index is -0.157. The first kappa shape index (κ1) is 20.1. The monoisotopic (exact) mass is 421 g/mol. The molecule has 0 atom stereocenters. The zero-order valence-corrected chi connectivity index (χ0v) is 17.5. The van der Waals surface area contributed by atoms with Crippen LogP contribution >= 0.6 is 11.3 Å². The van der Waals surface area contributed by atoms with Crippen molar-refractivity contribution in [3.8, 4) is 16.3 Å². The first-order chi connectivity index (χ1) is 14.6. The van der Waals surface area contributed by atoms with Gasteiger partial charge in [-0.15, -0.1) is 11.3 Å². The van der Waals surface area contributed by atoms with Crippen LogP contribution in [0.3, 0.4) is 0 Å². The van der Waals surface area contributed by atoms with Crippen LogP contribution in [0.4, 0.5) is 11.4 Å². The van der Waals surface area contributed by atoms with E-state index < -0.39 is 0 Å². The molecule has 4 rings (SSSR count). The molecule has 1 fully saturated rings. The van der Waals surface area contributed by atoms with Gasteiger partial charge in [-0.05, 0) is 50.1 Å². The fraction of sp³-hybridized carbons (Fsp3) is 0.261. The van der Waals surface area contributed by atoms with Gasteiger partial charge >= 0.3 is 0 Å². The van der Waals surface area contributed by atoms with Crippen molar-refractivity contribution in [3.05, 3.63) is 59.6 Å². The number of para-hydroxylation sites is 1. The van der Waals surface area contributed by atoms with Gasteiger partial charge in [0.15, 0.2) is 0 Å². The fourth-order valence-electron chi connectivity index (χ4n) is 3.07. The molecule has 2 N–H and O–H groups in total. The predicted octanol–water partition coefficient (Wildman–Crippen LogP) is 4.74. The van der Waals surface area contributed by atoms with Crippen molar-refractivity contribution in [1.82, 2.24) is 4.98 Å². The summed E-state index contributed by atoms with van der Waals surface area (Å²) in [4.78, 5) is 29.0. The Labute approximate surface area is 179 Å². The van der Waals surface area contributed by atoms with Gasteiger partial charge in [-0.2, -0.15) is 0 Å². The highest BCUT2D eigenvalue weighted by Gasteiger charge is 2.29. The van der Waals surface area contributed by atoms with E-state index in [9.17, 15) is 9.59 Å². The van der Waals surface area contributed by atoms with Crippen LogP contribution in [0.25, 0.3) is 10.6 Å². The summed E-state index contributed by atoms with van der Waals surface area (Å²) in [6, 6.07) is 15.0. The summed E-state index contributed by atoms with van der Waals surface area (Å²) < 4.78 is 5.68. The number of nitrogens with zero attached hydrogens (tertiary/aromatic N) is 1. The molecule has 0 spiro atoms. The highest BCUT2D eigenvalue weighted by Crippen LogP contribution is 2.32. The molecule has 0 radical (unpaired) electrons. The molecule has 1 heterocycles.